The lowest BCUT2D eigenvalue weighted by Crippen LogP contribution is -2.30. The number of rotatable bonds is 7. The molecule has 25 heavy (non-hydrogen) atoms. The third kappa shape index (κ3) is 5.95. The van der Waals surface area contributed by atoms with E-state index in [2.05, 4.69) is 5.32 Å². The number of carbonyl (C=O) groups excluding carboxylic acids is 2. The molecule has 2 aromatic rings. The summed E-state index contributed by atoms with van der Waals surface area (Å²) in [6, 6.07) is 10.8. The lowest BCUT2D eigenvalue weighted by molar-refractivity contribution is -0.144. The fraction of sp³-hybridized carbons (Fsp3) is 0.167. The molecule has 1 aromatic carbocycles. The van der Waals surface area contributed by atoms with Gasteiger partial charge in [-0.15, -0.1) is 0 Å². The second-order valence-corrected chi connectivity index (χ2v) is 4.99. The molecule has 0 unspecified atom stereocenters. The minimum Gasteiger partial charge on any atom is -0.465 e. The van der Waals surface area contributed by atoms with Gasteiger partial charge in [0.05, 0.1) is 6.26 Å². The number of amides is 1. The monoisotopic (exact) mass is 342 g/mol. The van der Waals surface area contributed by atoms with Crippen molar-refractivity contribution in [2.24, 2.45) is 0 Å². The maximum absolute atomic E-state index is 12.8. The van der Waals surface area contributed by atoms with Crippen LogP contribution in [0, 0.1) is 17.1 Å². The van der Waals surface area contributed by atoms with Gasteiger partial charge >= 0.3 is 5.97 Å². The Balaban J connectivity index is 1.74. The molecule has 2 rings (SSSR count). The number of nitrogens with one attached hydrogen (secondary N) is 1. The van der Waals surface area contributed by atoms with Crippen LogP contribution in [0.5, 0.6) is 0 Å². The predicted molar refractivity (Wildman–Crippen MR) is 86.4 cm³/mol. The van der Waals surface area contributed by atoms with Gasteiger partial charge in [0.15, 0.2) is 6.61 Å². The first-order valence-corrected chi connectivity index (χ1v) is 7.42. The van der Waals surface area contributed by atoms with Crippen LogP contribution in [0.25, 0.3) is 6.08 Å². The molecule has 0 saturated heterocycles. The van der Waals surface area contributed by atoms with E-state index in [0.717, 1.165) is 5.56 Å². The molecule has 0 radical (unpaired) electrons. The minimum atomic E-state index is -0.910. The fourth-order valence-electron chi connectivity index (χ4n) is 1.91. The van der Waals surface area contributed by atoms with E-state index in [4.69, 9.17) is 14.4 Å². The number of furan rings is 1. The van der Waals surface area contributed by atoms with Crippen LogP contribution in [0.1, 0.15) is 11.3 Å². The molecule has 0 atom stereocenters. The van der Waals surface area contributed by atoms with E-state index < -0.39 is 18.5 Å². The van der Waals surface area contributed by atoms with Gasteiger partial charge in [-0.2, -0.15) is 5.26 Å². The Morgan fingerprint density at radius 2 is 2.04 bits per heavy atom. The summed E-state index contributed by atoms with van der Waals surface area (Å²) in [7, 11) is 0. The van der Waals surface area contributed by atoms with Gasteiger partial charge < -0.3 is 14.5 Å². The Bertz CT molecular complexity index is 789. The van der Waals surface area contributed by atoms with E-state index in [0.29, 0.717) is 18.7 Å². The van der Waals surface area contributed by atoms with Gasteiger partial charge in [0, 0.05) is 12.6 Å². The van der Waals surface area contributed by atoms with Gasteiger partial charge in [-0.1, -0.05) is 12.1 Å². The molecule has 0 saturated carbocycles. The quantitative estimate of drug-likeness (QED) is 0.473. The highest BCUT2D eigenvalue weighted by atomic mass is 19.1. The van der Waals surface area contributed by atoms with Crippen LogP contribution < -0.4 is 5.32 Å². The molecule has 1 aromatic heterocycles. The van der Waals surface area contributed by atoms with Crippen molar-refractivity contribution in [3.63, 3.8) is 0 Å². The molecule has 1 N–H and O–H groups in total. The van der Waals surface area contributed by atoms with Gasteiger partial charge in [0.1, 0.15) is 23.2 Å². The summed E-state index contributed by atoms with van der Waals surface area (Å²) in [5.41, 5.74) is 0.598. The van der Waals surface area contributed by atoms with Crippen molar-refractivity contribution in [3.8, 4) is 6.07 Å². The maximum atomic E-state index is 12.8. The molecule has 0 aliphatic carbocycles. The summed E-state index contributed by atoms with van der Waals surface area (Å²) >= 11 is 0. The van der Waals surface area contributed by atoms with E-state index in [1.54, 1.807) is 30.3 Å². The first-order chi connectivity index (χ1) is 12.1. The summed E-state index contributed by atoms with van der Waals surface area (Å²) in [4.78, 5) is 23.4. The normalized spacial score (nSPS) is 10.8. The Labute approximate surface area is 143 Å². The number of nitriles is 1. The van der Waals surface area contributed by atoms with Crippen LogP contribution in [-0.2, 0) is 20.7 Å². The largest absolute Gasteiger partial charge is 0.465 e. The SMILES string of the molecule is N#C/C(=C\c1ccco1)C(=O)OCC(=O)NCCc1ccc(F)cc1. The number of benzene rings is 1. The minimum absolute atomic E-state index is 0.269. The second-order valence-electron chi connectivity index (χ2n) is 4.99. The van der Waals surface area contributed by atoms with E-state index in [1.807, 2.05) is 0 Å². The van der Waals surface area contributed by atoms with Crippen LogP contribution in [0.3, 0.4) is 0 Å². The van der Waals surface area contributed by atoms with Crippen LogP contribution >= 0.6 is 0 Å². The molecule has 0 bridgehead atoms. The predicted octanol–water partition coefficient (Wildman–Crippen LogP) is 2.23. The van der Waals surface area contributed by atoms with Crippen molar-refractivity contribution in [1.82, 2.24) is 5.32 Å². The average Bonchev–Trinajstić information content (AvgIpc) is 3.12. The summed E-state index contributed by atoms with van der Waals surface area (Å²) in [5, 5.41) is 11.5. The Hall–Kier alpha value is -3.40. The van der Waals surface area contributed by atoms with Crippen LogP contribution in [-0.4, -0.2) is 25.0 Å². The molecule has 0 aliphatic rings. The molecule has 0 fully saturated rings. The zero-order valence-corrected chi connectivity index (χ0v) is 13.2. The lowest BCUT2D eigenvalue weighted by atomic mass is 10.1. The Morgan fingerprint density at radius 1 is 1.28 bits per heavy atom. The topological polar surface area (TPSA) is 92.3 Å². The number of esters is 1. The highest BCUT2D eigenvalue weighted by Crippen LogP contribution is 2.08. The number of hydrogen-bond acceptors (Lipinski definition) is 5. The highest BCUT2D eigenvalue weighted by molar-refractivity contribution is 5.98. The van der Waals surface area contributed by atoms with Gasteiger partial charge in [0.25, 0.3) is 5.91 Å². The zero-order valence-electron chi connectivity index (χ0n) is 13.2. The third-order valence-corrected chi connectivity index (χ3v) is 3.15. The van der Waals surface area contributed by atoms with Crippen LogP contribution in [0.4, 0.5) is 4.39 Å². The molecular weight excluding hydrogens is 327 g/mol. The third-order valence-electron chi connectivity index (χ3n) is 3.15. The number of halogens is 1. The summed E-state index contributed by atoms with van der Waals surface area (Å²) < 4.78 is 22.6. The lowest BCUT2D eigenvalue weighted by Gasteiger charge is -2.06. The van der Waals surface area contributed by atoms with Crippen molar-refractivity contribution < 1.29 is 23.1 Å². The van der Waals surface area contributed by atoms with Gasteiger partial charge in [-0.05, 0) is 36.2 Å². The summed E-state index contributed by atoms with van der Waals surface area (Å²) in [5.74, 6) is -1.40. The second kappa shape index (κ2) is 9.03. The summed E-state index contributed by atoms with van der Waals surface area (Å²) in [6.07, 6.45) is 3.15. The molecule has 1 heterocycles. The van der Waals surface area contributed by atoms with Gasteiger partial charge in [0.2, 0.25) is 0 Å². The number of ether oxygens (including phenoxy) is 1. The standard InChI is InChI=1S/C18H15FN2O4/c19-15-5-3-13(4-6-15)7-8-21-17(22)12-25-18(23)14(11-20)10-16-2-1-9-24-16/h1-6,9-10H,7-8,12H2,(H,21,22)/b14-10+. The molecule has 128 valence electrons. The Kier molecular flexibility index (Phi) is 6.48. The number of carbonyl (C=O) groups is 2. The molecule has 7 heteroatoms. The number of nitrogens with zero attached hydrogens (tertiary/aromatic N) is 1. The maximum Gasteiger partial charge on any atom is 0.349 e. The van der Waals surface area contributed by atoms with E-state index in [1.165, 1.54) is 24.5 Å². The molecule has 1 amide bonds. The Morgan fingerprint density at radius 3 is 2.68 bits per heavy atom. The van der Waals surface area contributed by atoms with Crippen molar-refractivity contribution >= 4 is 18.0 Å². The van der Waals surface area contributed by atoms with E-state index in [-0.39, 0.29) is 11.4 Å². The average molecular weight is 342 g/mol. The van der Waals surface area contributed by atoms with E-state index >= 15 is 0 Å². The van der Waals surface area contributed by atoms with Crippen LogP contribution in [0.15, 0.2) is 52.7 Å². The number of hydrogen-bond donors (Lipinski definition) is 1. The van der Waals surface area contributed by atoms with Gasteiger partial charge in [-0.3, -0.25) is 4.79 Å². The highest BCUT2D eigenvalue weighted by Gasteiger charge is 2.13. The smallest absolute Gasteiger partial charge is 0.349 e. The van der Waals surface area contributed by atoms with Crippen molar-refractivity contribution in [2.45, 2.75) is 6.42 Å². The molecule has 0 aliphatic heterocycles. The van der Waals surface area contributed by atoms with Crippen molar-refractivity contribution in [1.29, 1.82) is 5.26 Å². The van der Waals surface area contributed by atoms with E-state index in [9.17, 15) is 14.0 Å². The van der Waals surface area contributed by atoms with Crippen molar-refractivity contribution in [3.05, 3.63) is 65.4 Å². The van der Waals surface area contributed by atoms with Crippen molar-refractivity contribution in [2.75, 3.05) is 13.2 Å². The molecule has 0 spiro atoms. The first-order valence-electron chi connectivity index (χ1n) is 7.42. The summed E-state index contributed by atoms with van der Waals surface area (Å²) in [6.45, 7) is -0.186. The zero-order chi connectivity index (χ0) is 18.1. The van der Waals surface area contributed by atoms with Gasteiger partial charge in [-0.25, -0.2) is 9.18 Å². The molecule has 6 nitrogen and oxygen atoms in total. The first kappa shape index (κ1) is 17.9. The fourth-order valence-corrected chi connectivity index (χ4v) is 1.91. The van der Waals surface area contributed by atoms with Crippen LogP contribution in [0.2, 0.25) is 0 Å². The molecular formula is C18H15FN2O4.